The molecular weight excluding hydrogens is 422 g/mol. The number of hydrogen-bond acceptors (Lipinski definition) is 7. The largest absolute Gasteiger partial charge is 0.449 e. The Morgan fingerprint density at radius 3 is 2.74 bits per heavy atom. The standard InChI is InChI=1S/C20H25N5O5S/c1-4-6-11-30-20(27)24-31(28,29)14-10-7-9-13(12-14)18-21-16-15(8-5-2)23-25(3)17(16)19(26)22-18/h7,9-10,12H,4-6,8,11H2,1-3H3,(H,24,27)(H,21,22,26). The first-order valence-electron chi connectivity index (χ1n) is 10.0. The highest BCUT2D eigenvalue weighted by Crippen LogP contribution is 2.22. The molecule has 0 spiro atoms. The van der Waals surface area contributed by atoms with Gasteiger partial charge >= 0.3 is 6.09 Å². The van der Waals surface area contributed by atoms with Gasteiger partial charge in [0.1, 0.15) is 11.3 Å². The van der Waals surface area contributed by atoms with Crippen molar-refractivity contribution < 1.29 is 17.9 Å². The third-order valence-corrected chi connectivity index (χ3v) is 5.93. The lowest BCUT2D eigenvalue weighted by Gasteiger charge is -2.09. The molecule has 0 radical (unpaired) electrons. The van der Waals surface area contributed by atoms with Crippen LogP contribution in [0.5, 0.6) is 0 Å². The molecule has 11 heteroatoms. The highest BCUT2D eigenvalue weighted by Gasteiger charge is 2.20. The zero-order valence-electron chi connectivity index (χ0n) is 17.6. The van der Waals surface area contributed by atoms with Crippen molar-refractivity contribution in [2.24, 2.45) is 7.05 Å². The summed E-state index contributed by atoms with van der Waals surface area (Å²) in [5.41, 5.74) is 1.55. The van der Waals surface area contributed by atoms with E-state index in [0.717, 1.165) is 12.8 Å². The number of rotatable bonds is 8. The second kappa shape index (κ2) is 9.29. The molecule has 2 N–H and O–H groups in total. The summed E-state index contributed by atoms with van der Waals surface area (Å²) in [6.07, 6.45) is 1.91. The molecular formula is C20H25N5O5S. The molecule has 166 valence electrons. The van der Waals surface area contributed by atoms with Crippen molar-refractivity contribution in [2.75, 3.05) is 6.61 Å². The molecule has 0 bridgehead atoms. The molecule has 0 saturated heterocycles. The molecule has 0 unspecified atom stereocenters. The lowest BCUT2D eigenvalue weighted by Crippen LogP contribution is -2.31. The number of nitrogens with zero attached hydrogens (tertiary/aromatic N) is 3. The summed E-state index contributed by atoms with van der Waals surface area (Å²) in [5.74, 6) is 0.213. The smallest absolute Gasteiger partial charge is 0.421 e. The number of nitrogens with one attached hydrogen (secondary N) is 2. The molecule has 0 aliphatic rings. The van der Waals surface area contributed by atoms with Crippen LogP contribution in [0.2, 0.25) is 0 Å². The first-order valence-corrected chi connectivity index (χ1v) is 11.5. The molecule has 3 rings (SSSR count). The summed E-state index contributed by atoms with van der Waals surface area (Å²) >= 11 is 0. The maximum atomic E-state index is 12.6. The Bertz CT molecular complexity index is 1260. The van der Waals surface area contributed by atoms with Gasteiger partial charge in [-0.3, -0.25) is 9.48 Å². The number of hydrogen-bond donors (Lipinski definition) is 2. The highest BCUT2D eigenvalue weighted by atomic mass is 32.2. The minimum atomic E-state index is -4.15. The summed E-state index contributed by atoms with van der Waals surface area (Å²) in [7, 11) is -2.48. The SMILES string of the molecule is CCCCOC(=O)NS(=O)(=O)c1cccc(-c2nc3c(CCC)nn(C)c3c(=O)[nH]2)c1. The molecule has 31 heavy (non-hydrogen) atoms. The van der Waals surface area contributed by atoms with Gasteiger partial charge in [-0.15, -0.1) is 0 Å². The maximum absolute atomic E-state index is 12.6. The number of aryl methyl sites for hydroxylation is 2. The van der Waals surface area contributed by atoms with Gasteiger partial charge in [0.15, 0.2) is 5.52 Å². The molecule has 0 aliphatic heterocycles. The van der Waals surface area contributed by atoms with Gasteiger partial charge in [0.25, 0.3) is 15.6 Å². The summed E-state index contributed by atoms with van der Waals surface area (Å²) in [4.78, 5) is 31.5. The Morgan fingerprint density at radius 2 is 2.03 bits per heavy atom. The van der Waals surface area contributed by atoms with E-state index in [2.05, 4.69) is 15.1 Å². The van der Waals surface area contributed by atoms with Crippen molar-refractivity contribution in [3.8, 4) is 11.4 Å². The van der Waals surface area contributed by atoms with Crippen molar-refractivity contribution in [1.29, 1.82) is 0 Å². The van der Waals surface area contributed by atoms with Crippen molar-refractivity contribution >= 4 is 27.1 Å². The van der Waals surface area contributed by atoms with Gasteiger partial charge in [-0.05, 0) is 25.0 Å². The average Bonchev–Trinajstić information content (AvgIpc) is 3.04. The van der Waals surface area contributed by atoms with Crippen LogP contribution in [0, 0.1) is 0 Å². The van der Waals surface area contributed by atoms with Crippen LogP contribution in [0.25, 0.3) is 22.4 Å². The number of benzene rings is 1. The first-order chi connectivity index (χ1) is 14.8. The van der Waals surface area contributed by atoms with Crippen molar-refractivity contribution in [3.63, 3.8) is 0 Å². The topological polar surface area (TPSA) is 136 Å². The van der Waals surface area contributed by atoms with Crippen LogP contribution >= 0.6 is 0 Å². The molecule has 10 nitrogen and oxygen atoms in total. The number of fused-ring (bicyclic) bond motifs is 1. The van der Waals surface area contributed by atoms with E-state index in [4.69, 9.17) is 4.74 Å². The molecule has 3 aromatic rings. The second-order valence-electron chi connectivity index (χ2n) is 7.05. The number of H-pyrrole nitrogens is 1. The van der Waals surface area contributed by atoms with E-state index < -0.39 is 16.1 Å². The van der Waals surface area contributed by atoms with E-state index in [1.807, 2.05) is 18.6 Å². The Hall–Kier alpha value is -3.21. The Labute approximate surface area is 179 Å². The molecule has 0 atom stereocenters. The van der Waals surface area contributed by atoms with Crippen LogP contribution in [-0.4, -0.2) is 40.9 Å². The Balaban J connectivity index is 1.96. The van der Waals surface area contributed by atoms with Gasteiger partial charge in [0.2, 0.25) is 0 Å². The molecule has 0 fully saturated rings. The van der Waals surface area contributed by atoms with Gasteiger partial charge in [-0.1, -0.05) is 38.8 Å². The lowest BCUT2D eigenvalue weighted by molar-refractivity contribution is 0.151. The fourth-order valence-electron chi connectivity index (χ4n) is 3.11. The van der Waals surface area contributed by atoms with Crippen molar-refractivity contribution in [3.05, 3.63) is 40.3 Å². The third kappa shape index (κ3) is 4.93. The lowest BCUT2D eigenvalue weighted by atomic mass is 10.2. The molecule has 0 aliphatic carbocycles. The number of aromatic amines is 1. The fourth-order valence-corrected chi connectivity index (χ4v) is 4.04. The quantitative estimate of drug-likeness (QED) is 0.506. The van der Waals surface area contributed by atoms with Crippen LogP contribution in [0.15, 0.2) is 34.0 Å². The average molecular weight is 448 g/mol. The van der Waals surface area contributed by atoms with E-state index >= 15 is 0 Å². The minimum Gasteiger partial charge on any atom is -0.449 e. The zero-order valence-corrected chi connectivity index (χ0v) is 18.5. The van der Waals surface area contributed by atoms with Crippen LogP contribution < -0.4 is 10.3 Å². The molecule has 1 amide bonds. The maximum Gasteiger partial charge on any atom is 0.421 e. The number of carbonyl (C=O) groups excluding carboxylic acids is 1. The van der Waals surface area contributed by atoms with Gasteiger partial charge in [0.05, 0.1) is 17.2 Å². The summed E-state index contributed by atoms with van der Waals surface area (Å²) < 4.78 is 33.4. The van der Waals surface area contributed by atoms with Crippen molar-refractivity contribution in [1.82, 2.24) is 24.5 Å². The van der Waals surface area contributed by atoms with E-state index in [-0.39, 0.29) is 22.9 Å². The van der Waals surface area contributed by atoms with Gasteiger partial charge in [-0.25, -0.2) is 22.9 Å². The predicted molar refractivity (Wildman–Crippen MR) is 115 cm³/mol. The van der Waals surface area contributed by atoms with Gasteiger partial charge in [-0.2, -0.15) is 5.10 Å². The van der Waals surface area contributed by atoms with Crippen LogP contribution in [0.1, 0.15) is 38.8 Å². The molecule has 2 aromatic heterocycles. The predicted octanol–water partition coefficient (Wildman–Crippen LogP) is 2.49. The van der Waals surface area contributed by atoms with Crippen molar-refractivity contribution in [2.45, 2.75) is 44.4 Å². The summed E-state index contributed by atoms with van der Waals surface area (Å²) in [5, 5.41) is 4.37. The van der Waals surface area contributed by atoms with Crippen LogP contribution in [0.3, 0.4) is 0 Å². The summed E-state index contributed by atoms with van der Waals surface area (Å²) in [6, 6.07) is 5.81. The Morgan fingerprint density at radius 1 is 1.26 bits per heavy atom. The molecule has 1 aromatic carbocycles. The van der Waals surface area contributed by atoms with Gasteiger partial charge < -0.3 is 9.72 Å². The normalized spacial score (nSPS) is 11.6. The second-order valence-corrected chi connectivity index (χ2v) is 8.74. The number of sulfonamides is 1. The third-order valence-electron chi connectivity index (χ3n) is 4.62. The number of unbranched alkanes of at least 4 members (excludes halogenated alkanes) is 1. The number of ether oxygens (including phenoxy) is 1. The van der Waals surface area contributed by atoms with E-state index in [1.165, 1.54) is 22.9 Å². The van der Waals surface area contributed by atoms with E-state index in [0.29, 0.717) is 35.1 Å². The first kappa shape index (κ1) is 22.5. The molecule has 2 heterocycles. The highest BCUT2D eigenvalue weighted by molar-refractivity contribution is 7.90. The van der Waals surface area contributed by atoms with Gasteiger partial charge in [0, 0.05) is 12.6 Å². The number of carbonyl (C=O) groups is 1. The number of aromatic nitrogens is 4. The summed E-state index contributed by atoms with van der Waals surface area (Å²) in [6.45, 7) is 4.06. The zero-order chi connectivity index (χ0) is 22.6. The van der Waals surface area contributed by atoms with E-state index in [9.17, 15) is 18.0 Å². The van der Waals surface area contributed by atoms with E-state index in [1.54, 1.807) is 13.1 Å². The van der Waals surface area contributed by atoms with Crippen LogP contribution in [0.4, 0.5) is 4.79 Å². The minimum absolute atomic E-state index is 0.133. The Kier molecular flexibility index (Phi) is 6.74. The number of amides is 1. The fraction of sp³-hybridized carbons (Fsp3) is 0.400. The van der Waals surface area contributed by atoms with Crippen LogP contribution in [-0.2, 0) is 28.2 Å². The molecule has 0 saturated carbocycles. The monoisotopic (exact) mass is 447 g/mol.